The Hall–Kier alpha value is -1.51. The van der Waals surface area contributed by atoms with Gasteiger partial charge in [0, 0.05) is 14.1 Å². The van der Waals surface area contributed by atoms with E-state index in [9.17, 15) is 4.79 Å². The first-order valence-corrected chi connectivity index (χ1v) is 4.60. The number of para-hydroxylation sites is 1. The van der Waals surface area contributed by atoms with Gasteiger partial charge in [-0.25, -0.2) is 0 Å². The number of ether oxygens (including phenoxy) is 1. The van der Waals surface area contributed by atoms with Crippen molar-refractivity contribution in [2.75, 3.05) is 20.7 Å². The van der Waals surface area contributed by atoms with Crippen molar-refractivity contribution in [3.63, 3.8) is 0 Å². The average molecular weight is 193 g/mol. The zero-order chi connectivity index (χ0) is 10.6. The summed E-state index contributed by atoms with van der Waals surface area (Å²) in [5, 5.41) is 0. The average Bonchev–Trinajstić information content (AvgIpc) is 2.18. The van der Waals surface area contributed by atoms with Crippen LogP contribution in [0.2, 0.25) is 0 Å². The maximum Gasteiger partial charge on any atom is 0.257 e. The fraction of sp³-hybridized carbons (Fsp3) is 0.364. The predicted molar refractivity (Wildman–Crippen MR) is 55.6 cm³/mol. The monoisotopic (exact) mass is 193 g/mol. The molecule has 1 amide bonds. The van der Waals surface area contributed by atoms with Crippen molar-refractivity contribution < 1.29 is 9.53 Å². The van der Waals surface area contributed by atoms with Gasteiger partial charge in [0.05, 0.1) is 12.2 Å². The van der Waals surface area contributed by atoms with Gasteiger partial charge in [0.25, 0.3) is 5.91 Å². The molecule has 76 valence electrons. The predicted octanol–water partition coefficient (Wildman–Crippen LogP) is 1.79. The number of carbonyl (C=O) groups excluding carboxylic acids is 1. The number of benzene rings is 1. The molecule has 1 aromatic rings. The summed E-state index contributed by atoms with van der Waals surface area (Å²) in [6, 6.07) is 7.27. The lowest BCUT2D eigenvalue weighted by atomic mass is 10.2. The lowest BCUT2D eigenvalue weighted by Crippen LogP contribution is -2.22. The Labute approximate surface area is 84.3 Å². The molecule has 0 radical (unpaired) electrons. The largest absolute Gasteiger partial charge is 0.493 e. The van der Waals surface area contributed by atoms with Crippen molar-refractivity contribution in [2.24, 2.45) is 0 Å². The van der Waals surface area contributed by atoms with Gasteiger partial charge in [-0.3, -0.25) is 4.79 Å². The smallest absolute Gasteiger partial charge is 0.257 e. The highest BCUT2D eigenvalue weighted by molar-refractivity contribution is 5.96. The summed E-state index contributed by atoms with van der Waals surface area (Å²) in [6.07, 6.45) is 0. The molecule has 14 heavy (non-hydrogen) atoms. The van der Waals surface area contributed by atoms with Crippen LogP contribution in [-0.4, -0.2) is 31.5 Å². The number of hydrogen-bond acceptors (Lipinski definition) is 2. The van der Waals surface area contributed by atoms with Crippen LogP contribution in [0.5, 0.6) is 5.75 Å². The summed E-state index contributed by atoms with van der Waals surface area (Å²) in [7, 11) is 3.45. The van der Waals surface area contributed by atoms with E-state index < -0.39 is 0 Å². The lowest BCUT2D eigenvalue weighted by molar-refractivity contribution is 0.0823. The minimum Gasteiger partial charge on any atom is -0.493 e. The summed E-state index contributed by atoms with van der Waals surface area (Å²) in [6.45, 7) is 2.47. The van der Waals surface area contributed by atoms with Gasteiger partial charge >= 0.3 is 0 Å². The van der Waals surface area contributed by atoms with Crippen LogP contribution in [0.4, 0.5) is 0 Å². The van der Waals surface area contributed by atoms with E-state index in [-0.39, 0.29) is 5.91 Å². The molecular weight excluding hydrogens is 178 g/mol. The van der Waals surface area contributed by atoms with Crippen LogP contribution < -0.4 is 4.74 Å². The molecule has 1 rings (SSSR count). The molecular formula is C11H15NO2. The molecule has 3 heteroatoms. The topological polar surface area (TPSA) is 29.5 Å². The van der Waals surface area contributed by atoms with E-state index in [1.165, 1.54) is 4.90 Å². The molecule has 0 heterocycles. The maximum absolute atomic E-state index is 11.7. The summed E-state index contributed by atoms with van der Waals surface area (Å²) < 4.78 is 5.36. The second-order valence-electron chi connectivity index (χ2n) is 3.13. The molecule has 0 aromatic heterocycles. The Morgan fingerprint density at radius 1 is 1.36 bits per heavy atom. The number of rotatable bonds is 3. The first kappa shape index (κ1) is 10.6. The van der Waals surface area contributed by atoms with Crippen LogP contribution in [0.1, 0.15) is 17.3 Å². The zero-order valence-corrected chi connectivity index (χ0v) is 8.78. The Kier molecular flexibility index (Phi) is 3.51. The summed E-state index contributed by atoms with van der Waals surface area (Å²) in [4.78, 5) is 13.2. The fourth-order valence-electron chi connectivity index (χ4n) is 1.17. The van der Waals surface area contributed by atoms with Gasteiger partial charge in [0.1, 0.15) is 5.75 Å². The molecule has 0 aliphatic carbocycles. The first-order chi connectivity index (χ1) is 6.66. The molecule has 0 fully saturated rings. The molecule has 0 aliphatic rings. The highest BCUT2D eigenvalue weighted by atomic mass is 16.5. The highest BCUT2D eigenvalue weighted by Gasteiger charge is 2.12. The van der Waals surface area contributed by atoms with Gasteiger partial charge in [-0.05, 0) is 19.1 Å². The Bertz CT molecular complexity index is 321. The van der Waals surface area contributed by atoms with Gasteiger partial charge < -0.3 is 9.64 Å². The van der Waals surface area contributed by atoms with Gasteiger partial charge in [-0.2, -0.15) is 0 Å². The van der Waals surface area contributed by atoms with Crippen molar-refractivity contribution in [1.82, 2.24) is 4.90 Å². The molecule has 0 atom stereocenters. The third-order valence-corrected chi connectivity index (χ3v) is 1.82. The van der Waals surface area contributed by atoms with Crippen LogP contribution in [-0.2, 0) is 0 Å². The van der Waals surface area contributed by atoms with E-state index in [1.807, 2.05) is 19.1 Å². The number of amides is 1. The SMILES string of the molecule is CCOc1ccccc1C(=O)N(C)C. The van der Waals surface area contributed by atoms with E-state index in [4.69, 9.17) is 4.74 Å². The van der Waals surface area contributed by atoms with Crippen molar-refractivity contribution in [3.8, 4) is 5.75 Å². The number of carbonyl (C=O) groups is 1. The van der Waals surface area contributed by atoms with E-state index in [0.29, 0.717) is 17.9 Å². The van der Waals surface area contributed by atoms with E-state index in [2.05, 4.69) is 0 Å². The second kappa shape index (κ2) is 4.65. The quantitative estimate of drug-likeness (QED) is 0.732. The maximum atomic E-state index is 11.7. The number of nitrogens with zero attached hydrogens (tertiary/aromatic N) is 1. The highest BCUT2D eigenvalue weighted by Crippen LogP contribution is 2.18. The fourth-order valence-corrected chi connectivity index (χ4v) is 1.17. The van der Waals surface area contributed by atoms with Crippen molar-refractivity contribution in [1.29, 1.82) is 0 Å². The Balaban J connectivity index is 3.00. The Morgan fingerprint density at radius 3 is 2.57 bits per heavy atom. The third kappa shape index (κ3) is 2.25. The molecule has 0 spiro atoms. The van der Waals surface area contributed by atoms with Gasteiger partial charge in [0.15, 0.2) is 0 Å². The van der Waals surface area contributed by atoms with E-state index >= 15 is 0 Å². The molecule has 0 N–H and O–H groups in total. The second-order valence-corrected chi connectivity index (χ2v) is 3.13. The van der Waals surface area contributed by atoms with Crippen LogP contribution in [0.15, 0.2) is 24.3 Å². The lowest BCUT2D eigenvalue weighted by Gasteiger charge is -2.13. The van der Waals surface area contributed by atoms with Crippen molar-refractivity contribution in [2.45, 2.75) is 6.92 Å². The summed E-state index contributed by atoms with van der Waals surface area (Å²) in [5.41, 5.74) is 0.611. The molecule has 0 bridgehead atoms. The normalized spacial score (nSPS) is 9.64. The molecule has 1 aromatic carbocycles. The van der Waals surface area contributed by atoms with Gasteiger partial charge in [0.2, 0.25) is 0 Å². The molecule has 0 aliphatic heterocycles. The van der Waals surface area contributed by atoms with Crippen molar-refractivity contribution in [3.05, 3.63) is 29.8 Å². The van der Waals surface area contributed by atoms with Gasteiger partial charge in [-0.1, -0.05) is 12.1 Å². The summed E-state index contributed by atoms with van der Waals surface area (Å²) in [5.74, 6) is 0.614. The van der Waals surface area contributed by atoms with Gasteiger partial charge in [-0.15, -0.1) is 0 Å². The van der Waals surface area contributed by atoms with Crippen LogP contribution in [0.25, 0.3) is 0 Å². The molecule has 0 unspecified atom stereocenters. The van der Waals surface area contributed by atoms with Crippen molar-refractivity contribution >= 4 is 5.91 Å². The number of hydrogen-bond donors (Lipinski definition) is 0. The van der Waals surface area contributed by atoms with Crippen LogP contribution in [0.3, 0.4) is 0 Å². The van der Waals surface area contributed by atoms with Crippen LogP contribution >= 0.6 is 0 Å². The minimum atomic E-state index is -0.0333. The summed E-state index contributed by atoms with van der Waals surface area (Å²) >= 11 is 0. The minimum absolute atomic E-state index is 0.0333. The first-order valence-electron chi connectivity index (χ1n) is 4.60. The molecule has 0 saturated heterocycles. The van der Waals surface area contributed by atoms with E-state index in [0.717, 1.165) is 0 Å². The third-order valence-electron chi connectivity index (χ3n) is 1.82. The van der Waals surface area contributed by atoms with Crippen LogP contribution in [0, 0.1) is 0 Å². The molecule has 3 nitrogen and oxygen atoms in total. The standard InChI is InChI=1S/C11H15NO2/c1-4-14-10-8-6-5-7-9(10)11(13)12(2)3/h5-8H,4H2,1-3H3. The zero-order valence-electron chi connectivity index (χ0n) is 8.78. The Morgan fingerprint density at radius 2 is 2.00 bits per heavy atom. The molecule has 0 saturated carbocycles. The van der Waals surface area contributed by atoms with E-state index in [1.54, 1.807) is 26.2 Å².